The summed E-state index contributed by atoms with van der Waals surface area (Å²) in [6.45, 7) is 14.7. The van der Waals surface area contributed by atoms with Crippen LogP contribution in [0.15, 0.2) is 24.3 Å². The highest BCUT2D eigenvalue weighted by atomic mass is 16.2. The van der Waals surface area contributed by atoms with Crippen LogP contribution in [0.5, 0.6) is 0 Å². The van der Waals surface area contributed by atoms with E-state index in [1.807, 2.05) is 11.8 Å². The summed E-state index contributed by atoms with van der Waals surface area (Å²) >= 11 is 0. The number of fused-ring (bicyclic) bond motifs is 2. The second-order valence-corrected chi connectivity index (χ2v) is 10.7. The van der Waals surface area contributed by atoms with Crippen LogP contribution < -0.4 is 5.32 Å². The van der Waals surface area contributed by atoms with E-state index in [2.05, 4.69) is 55.3 Å². The molecule has 1 fully saturated rings. The Morgan fingerprint density at radius 3 is 2.45 bits per heavy atom. The van der Waals surface area contributed by atoms with Gasteiger partial charge in [-0.25, -0.2) is 0 Å². The number of carbonyl (C=O) groups is 2. The zero-order valence-corrected chi connectivity index (χ0v) is 20.2. The molecule has 2 aliphatic rings. The van der Waals surface area contributed by atoms with Gasteiger partial charge in [0.15, 0.2) is 0 Å². The predicted octanol–water partition coefficient (Wildman–Crippen LogP) is 4.28. The maximum Gasteiger partial charge on any atom is 0.242 e. The van der Waals surface area contributed by atoms with Crippen LogP contribution in [0.2, 0.25) is 0 Å². The molecule has 3 rings (SSSR count). The van der Waals surface area contributed by atoms with Gasteiger partial charge in [0.2, 0.25) is 11.8 Å². The molecule has 0 saturated carbocycles. The summed E-state index contributed by atoms with van der Waals surface area (Å²) in [4.78, 5) is 28.7. The zero-order chi connectivity index (χ0) is 22.6. The Balaban J connectivity index is 1.75. The maximum atomic E-state index is 12.9. The fraction of sp³-hybridized carbons (Fsp3) is 0.692. The Hall–Kier alpha value is -1.88. The summed E-state index contributed by atoms with van der Waals surface area (Å²) in [6.07, 6.45) is 5.77. The molecular formula is C26H41N3O2. The van der Waals surface area contributed by atoms with E-state index < -0.39 is 0 Å². The molecule has 1 saturated heterocycles. The van der Waals surface area contributed by atoms with Gasteiger partial charge in [-0.1, -0.05) is 45.0 Å². The number of hydrogen-bond acceptors (Lipinski definition) is 3. The first kappa shape index (κ1) is 23.8. The molecule has 5 heteroatoms. The fourth-order valence-electron chi connectivity index (χ4n) is 5.39. The molecule has 0 aromatic heterocycles. The zero-order valence-electron chi connectivity index (χ0n) is 20.2. The van der Waals surface area contributed by atoms with Gasteiger partial charge in [-0.3, -0.25) is 9.59 Å². The van der Waals surface area contributed by atoms with Crippen molar-refractivity contribution in [3.63, 3.8) is 0 Å². The minimum Gasteiger partial charge on any atom is -0.347 e. The van der Waals surface area contributed by atoms with Crippen LogP contribution in [-0.2, 0) is 15.0 Å². The summed E-state index contributed by atoms with van der Waals surface area (Å²) in [5.41, 5.74) is 3.39. The van der Waals surface area contributed by atoms with E-state index in [0.717, 1.165) is 25.9 Å². The quantitative estimate of drug-likeness (QED) is 0.737. The molecule has 172 valence electrons. The number of hydrogen-bond donors (Lipinski definition) is 1. The van der Waals surface area contributed by atoms with Gasteiger partial charge in [0.1, 0.15) is 0 Å². The van der Waals surface area contributed by atoms with Crippen LogP contribution in [-0.4, -0.2) is 54.3 Å². The molecule has 1 heterocycles. The molecule has 1 aromatic carbocycles. The van der Waals surface area contributed by atoms with E-state index in [0.29, 0.717) is 12.0 Å². The Kier molecular flexibility index (Phi) is 7.46. The topological polar surface area (TPSA) is 52.7 Å². The largest absolute Gasteiger partial charge is 0.347 e. The van der Waals surface area contributed by atoms with Crippen LogP contribution in [0.4, 0.5) is 0 Å². The van der Waals surface area contributed by atoms with Crippen LogP contribution in [0, 0.1) is 5.41 Å². The van der Waals surface area contributed by atoms with Crippen LogP contribution >= 0.6 is 0 Å². The van der Waals surface area contributed by atoms with Crippen LogP contribution in [0.1, 0.15) is 83.9 Å². The number of nitrogens with zero attached hydrogens (tertiary/aromatic N) is 2. The normalized spacial score (nSPS) is 20.9. The highest BCUT2D eigenvalue weighted by molar-refractivity contribution is 5.84. The van der Waals surface area contributed by atoms with Crippen molar-refractivity contribution in [2.24, 2.45) is 5.41 Å². The lowest BCUT2D eigenvalue weighted by molar-refractivity contribution is -0.135. The van der Waals surface area contributed by atoms with Crippen LogP contribution in [0.25, 0.3) is 0 Å². The molecule has 1 aliphatic carbocycles. The van der Waals surface area contributed by atoms with E-state index in [1.54, 1.807) is 0 Å². The fourth-order valence-corrected chi connectivity index (χ4v) is 5.39. The summed E-state index contributed by atoms with van der Waals surface area (Å²) in [5, 5.41) is 2.67. The van der Waals surface area contributed by atoms with E-state index in [9.17, 15) is 9.59 Å². The van der Waals surface area contributed by atoms with Crippen LogP contribution in [0.3, 0.4) is 0 Å². The van der Waals surface area contributed by atoms with Crippen molar-refractivity contribution in [2.75, 3.05) is 32.7 Å². The number of carbonyl (C=O) groups excluding carboxylic acids is 2. The van der Waals surface area contributed by atoms with Gasteiger partial charge >= 0.3 is 0 Å². The average Bonchev–Trinajstić information content (AvgIpc) is 2.73. The van der Waals surface area contributed by atoms with Crippen molar-refractivity contribution in [3.8, 4) is 0 Å². The molecular weight excluding hydrogens is 386 g/mol. The van der Waals surface area contributed by atoms with E-state index in [-0.39, 0.29) is 29.8 Å². The first-order valence-corrected chi connectivity index (χ1v) is 12.0. The molecule has 1 atom stereocenters. The number of nitrogens with one attached hydrogen (secondary N) is 1. The number of rotatable bonds is 6. The van der Waals surface area contributed by atoms with Gasteiger partial charge in [-0.2, -0.15) is 0 Å². The maximum absolute atomic E-state index is 12.9. The molecule has 1 aliphatic heterocycles. The molecule has 2 amide bonds. The van der Waals surface area contributed by atoms with E-state index in [4.69, 9.17) is 0 Å². The van der Waals surface area contributed by atoms with E-state index >= 15 is 0 Å². The first-order chi connectivity index (χ1) is 14.6. The Labute approximate surface area is 188 Å². The lowest BCUT2D eigenvalue weighted by Crippen LogP contribution is -2.48. The standard InChI is InChI=1S/C26H41N3O2/c1-6-29(24(31)19-27-20(2)30)23-11-12-26(22-10-8-7-9-21(22)23)14-17-28(18-15-26)16-13-25(3,4)5/h7-10,23H,6,11-19H2,1-5H3,(H,27,30)/t23-/m0/s1. The van der Waals surface area contributed by atoms with E-state index in [1.165, 1.54) is 43.9 Å². The van der Waals surface area contributed by atoms with Crippen molar-refractivity contribution in [2.45, 2.75) is 78.2 Å². The second kappa shape index (κ2) is 9.72. The number of likely N-dealkylation sites (tertiary alicyclic amines) is 1. The summed E-state index contributed by atoms with van der Waals surface area (Å²) < 4.78 is 0. The molecule has 0 bridgehead atoms. The van der Waals surface area contributed by atoms with Gasteiger partial charge in [-0.05, 0) is 80.6 Å². The number of amides is 2. The van der Waals surface area contributed by atoms with Crippen molar-refractivity contribution in [3.05, 3.63) is 35.4 Å². The minimum atomic E-state index is -0.161. The summed E-state index contributed by atoms with van der Waals surface area (Å²) in [5.74, 6) is -0.156. The first-order valence-electron chi connectivity index (χ1n) is 12.0. The molecule has 5 nitrogen and oxygen atoms in total. The highest BCUT2D eigenvalue weighted by Gasteiger charge is 2.43. The third kappa shape index (κ3) is 5.68. The smallest absolute Gasteiger partial charge is 0.242 e. The summed E-state index contributed by atoms with van der Waals surface area (Å²) in [6, 6.07) is 8.89. The van der Waals surface area contributed by atoms with Gasteiger partial charge in [-0.15, -0.1) is 0 Å². The Morgan fingerprint density at radius 2 is 1.84 bits per heavy atom. The highest BCUT2D eigenvalue weighted by Crippen LogP contribution is 2.49. The Bertz CT molecular complexity index is 775. The van der Waals surface area contributed by atoms with Crippen molar-refractivity contribution in [1.29, 1.82) is 0 Å². The number of piperidine rings is 1. The number of likely N-dealkylation sites (N-methyl/N-ethyl adjacent to an activating group) is 1. The van der Waals surface area contributed by atoms with Crippen molar-refractivity contribution >= 4 is 11.8 Å². The van der Waals surface area contributed by atoms with Gasteiger partial charge in [0.05, 0.1) is 12.6 Å². The predicted molar refractivity (Wildman–Crippen MR) is 126 cm³/mol. The van der Waals surface area contributed by atoms with Crippen molar-refractivity contribution < 1.29 is 9.59 Å². The monoisotopic (exact) mass is 427 g/mol. The third-order valence-electron chi connectivity index (χ3n) is 7.30. The minimum absolute atomic E-state index is 0.00505. The van der Waals surface area contributed by atoms with Crippen molar-refractivity contribution in [1.82, 2.24) is 15.1 Å². The molecule has 1 aromatic rings. The molecule has 31 heavy (non-hydrogen) atoms. The summed E-state index contributed by atoms with van der Waals surface area (Å²) in [7, 11) is 0. The molecule has 0 unspecified atom stereocenters. The molecule has 1 spiro atoms. The molecule has 1 N–H and O–H groups in total. The molecule has 0 radical (unpaired) electrons. The lowest BCUT2D eigenvalue weighted by Gasteiger charge is -2.49. The number of benzene rings is 1. The SMILES string of the molecule is CCN(C(=O)CNC(C)=O)[C@H]1CCC2(CCN(CCC(C)(C)C)CC2)c2ccccc21. The Morgan fingerprint density at radius 1 is 1.16 bits per heavy atom. The second-order valence-electron chi connectivity index (χ2n) is 10.7. The lowest BCUT2D eigenvalue weighted by atomic mass is 9.63. The third-order valence-corrected chi connectivity index (χ3v) is 7.30. The van der Waals surface area contributed by atoms with Gasteiger partial charge in [0.25, 0.3) is 0 Å². The van der Waals surface area contributed by atoms with Gasteiger partial charge in [0, 0.05) is 13.5 Å². The van der Waals surface area contributed by atoms with Gasteiger partial charge < -0.3 is 15.1 Å². The average molecular weight is 428 g/mol.